The van der Waals surface area contributed by atoms with E-state index < -0.39 is 14.8 Å². The average Bonchev–Trinajstić information content (AvgIpc) is 2.60. The lowest BCUT2D eigenvalue weighted by Crippen LogP contribution is -2.49. The Morgan fingerprint density at radius 2 is 1.25 bits per heavy atom. The molecule has 5 heteroatoms. The summed E-state index contributed by atoms with van der Waals surface area (Å²) >= 11 is 0. The molecule has 0 aliphatic carbocycles. The van der Waals surface area contributed by atoms with Crippen LogP contribution in [0.15, 0.2) is 0 Å². The summed E-state index contributed by atoms with van der Waals surface area (Å²) in [4.78, 5) is 0. The van der Waals surface area contributed by atoms with E-state index in [9.17, 15) is 8.42 Å². The Kier molecular flexibility index (Phi) is 17.2. The van der Waals surface area contributed by atoms with Gasteiger partial charge in [-0.3, -0.25) is 0 Å². The molecule has 0 fully saturated rings. The van der Waals surface area contributed by atoms with E-state index in [2.05, 4.69) is 46.3 Å². The molecule has 0 saturated heterocycles. The highest BCUT2D eigenvalue weighted by atomic mass is 32.2. The van der Waals surface area contributed by atoms with Gasteiger partial charge in [-0.25, -0.2) is 13.1 Å². The standard InChI is InChI=1S/C19H43N2O2S.2C2H6/c1-10-21(11-2,12-3)15-13-14-17(4)20-24(22,23)19(8,9)16-18(5,6)7;2*1-2/h17,20H,10-16H2,1-9H3;2*1-2H3/q+1;;. The van der Waals surface area contributed by atoms with Crippen LogP contribution in [-0.4, -0.2) is 49.9 Å². The summed E-state index contributed by atoms with van der Waals surface area (Å²) in [5, 5.41) is 0. The van der Waals surface area contributed by atoms with Gasteiger partial charge in [0.05, 0.1) is 30.9 Å². The number of sulfonamides is 1. The van der Waals surface area contributed by atoms with Gasteiger partial charge < -0.3 is 4.48 Å². The molecule has 174 valence electrons. The van der Waals surface area contributed by atoms with Crippen molar-refractivity contribution in [2.45, 2.75) is 120 Å². The lowest BCUT2D eigenvalue weighted by Gasteiger charge is -2.36. The zero-order valence-corrected chi connectivity index (χ0v) is 22.5. The third-order valence-corrected chi connectivity index (χ3v) is 7.63. The van der Waals surface area contributed by atoms with Crippen LogP contribution in [0.25, 0.3) is 0 Å². The fraction of sp³-hybridized carbons (Fsp3) is 1.00. The molecule has 1 N–H and O–H groups in total. The minimum absolute atomic E-state index is 0.0120. The number of hydrogen-bond donors (Lipinski definition) is 1. The quantitative estimate of drug-likeness (QED) is 0.401. The van der Waals surface area contributed by atoms with Crippen molar-refractivity contribution < 1.29 is 12.9 Å². The van der Waals surface area contributed by atoms with Gasteiger partial charge in [-0.2, -0.15) is 0 Å². The Morgan fingerprint density at radius 3 is 1.57 bits per heavy atom. The van der Waals surface area contributed by atoms with Crippen molar-refractivity contribution in [1.29, 1.82) is 0 Å². The Labute approximate surface area is 179 Å². The van der Waals surface area contributed by atoms with E-state index in [4.69, 9.17) is 0 Å². The highest BCUT2D eigenvalue weighted by Gasteiger charge is 2.38. The molecule has 0 aromatic heterocycles. The fourth-order valence-corrected chi connectivity index (χ4v) is 5.32. The molecule has 28 heavy (non-hydrogen) atoms. The molecule has 0 aromatic rings. The van der Waals surface area contributed by atoms with Crippen molar-refractivity contribution in [2.24, 2.45) is 5.41 Å². The molecule has 0 bridgehead atoms. The predicted octanol–water partition coefficient (Wildman–Crippen LogP) is 6.22. The van der Waals surface area contributed by atoms with Crippen LogP contribution in [0.4, 0.5) is 0 Å². The first-order chi connectivity index (χ1) is 12.7. The first-order valence-electron chi connectivity index (χ1n) is 11.6. The van der Waals surface area contributed by atoms with Gasteiger partial charge in [0.1, 0.15) is 0 Å². The molecular formula is C23H55N2O2S+. The van der Waals surface area contributed by atoms with Crippen LogP contribution >= 0.6 is 0 Å². The molecule has 0 heterocycles. The van der Waals surface area contributed by atoms with Crippen LogP contribution < -0.4 is 4.72 Å². The largest absolute Gasteiger partial charge is 0.324 e. The van der Waals surface area contributed by atoms with Gasteiger partial charge in [0.15, 0.2) is 0 Å². The van der Waals surface area contributed by atoms with E-state index >= 15 is 0 Å². The zero-order chi connectivity index (χ0) is 23.2. The highest BCUT2D eigenvalue weighted by Crippen LogP contribution is 2.32. The normalized spacial score (nSPS) is 13.8. The molecule has 4 nitrogen and oxygen atoms in total. The summed E-state index contributed by atoms with van der Waals surface area (Å²) in [6.07, 6.45) is 2.59. The van der Waals surface area contributed by atoms with Gasteiger partial charge in [-0.15, -0.1) is 0 Å². The zero-order valence-electron chi connectivity index (χ0n) is 21.7. The molecule has 0 amide bonds. The maximum absolute atomic E-state index is 12.8. The lowest BCUT2D eigenvalue weighted by atomic mass is 9.86. The number of quaternary nitrogens is 1. The van der Waals surface area contributed by atoms with Gasteiger partial charge in [-0.05, 0) is 66.2 Å². The molecule has 1 unspecified atom stereocenters. The van der Waals surface area contributed by atoms with E-state index in [-0.39, 0.29) is 11.5 Å². The van der Waals surface area contributed by atoms with Crippen molar-refractivity contribution in [2.75, 3.05) is 26.2 Å². The van der Waals surface area contributed by atoms with Gasteiger partial charge in [0.2, 0.25) is 10.0 Å². The molecule has 0 rings (SSSR count). The third-order valence-electron chi connectivity index (χ3n) is 5.32. The van der Waals surface area contributed by atoms with Crippen LogP contribution in [0.5, 0.6) is 0 Å². The average molecular weight is 424 g/mol. The van der Waals surface area contributed by atoms with E-state index in [1.807, 2.05) is 48.5 Å². The summed E-state index contributed by atoms with van der Waals surface area (Å²) in [6.45, 7) is 31.2. The highest BCUT2D eigenvalue weighted by molar-refractivity contribution is 7.90. The second-order valence-corrected chi connectivity index (χ2v) is 11.5. The number of hydrogen-bond acceptors (Lipinski definition) is 2. The van der Waals surface area contributed by atoms with Crippen LogP contribution in [0, 0.1) is 5.41 Å². The van der Waals surface area contributed by atoms with Crippen LogP contribution in [0.1, 0.15) is 109 Å². The second-order valence-electron chi connectivity index (χ2n) is 9.18. The van der Waals surface area contributed by atoms with Gasteiger partial charge in [-0.1, -0.05) is 48.5 Å². The topological polar surface area (TPSA) is 46.2 Å². The first kappa shape index (κ1) is 32.5. The van der Waals surface area contributed by atoms with E-state index in [0.29, 0.717) is 6.42 Å². The Hall–Kier alpha value is -0.130. The summed E-state index contributed by atoms with van der Waals surface area (Å²) in [6, 6.07) is -0.0123. The second kappa shape index (κ2) is 14.8. The summed E-state index contributed by atoms with van der Waals surface area (Å²) < 4.78 is 28.8. The molecule has 1 atom stereocenters. The maximum Gasteiger partial charge on any atom is 0.217 e. The minimum Gasteiger partial charge on any atom is -0.324 e. The van der Waals surface area contributed by atoms with Crippen LogP contribution in [0.3, 0.4) is 0 Å². The SMILES string of the molecule is CC.CC.CC[N+](CC)(CC)CCCC(C)NS(=O)(=O)C(C)(C)CC(C)(C)C. The first-order valence-corrected chi connectivity index (χ1v) is 13.1. The molecule has 0 aliphatic heterocycles. The molecule has 0 aromatic carbocycles. The Morgan fingerprint density at radius 1 is 0.857 bits per heavy atom. The molecule has 0 saturated carbocycles. The smallest absolute Gasteiger partial charge is 0.217 e. The maximum atomic E-state index is 12.8. The molecule has 0 spiro atoms. The van der Waals surface area contributed by atoms with E-state index in [1.165, 1.54) is 0 Å². The molecule has 0 aliphatic rings. The fourth-order valence-electron chi connectivity index (χ4n) is 3.73. The van der Waals surface area contributed by atoms with E-state index in [1.54, 1.807) is 0 Å². The molecule has 0 radical (unpaired) electrons. The summed E-state index contributed by atoms with van der Waals surface area (Å²) in [5.74, 6) is 0. The molecular weight excluding hydrogens is 368 g/mol. The number of rotatable bonds is 11. The van der Waals surface area contributed by atoms with Crippen molar-refractivity contribution >= 4 is 10.0 Å². The lowest BCUT2D eigenvalue weighted by molar-refractivity contribution is -0.923. The van der Waals surface area contributed by atoms with Crippen LogP contribution in [0.2, 0.25) is 0 Å². The third kappa shape index (κ3) is 12.4. The van der Waals surface area contributed by atoms with Crippen molar-refractivity contribution in [3.8, 4) is 0 Å². The number of nitrogens with zero attached hydrogens (tertiary/aromatic N) is 1. The van der Waals surface area contributed by atoms with Gasteiger partial charge in [0.25, 0.3) is 0 Å². The Balaban J connectivity index is -0.00000146. The van der Waals surface area contributed by atoms with Crippen LogP contribution in [-0.2, 0) is 10.0 Å². The number of nitrogens with one attached hydrogen (secondary N) is 1. The van der Waals surface area contributed by atoms with Crippen molar-refractivity contribution in [3.05, 3.63) is 0 Å². The van der Waals surface area contributed by atoms with Gasteiger partial charge >= 0.3 is 0 Å². The summed E-state index contributed by atoms with van der Waals surface area (Å²) in [5.41, 5.74) is -0.0120. The predicted molar refractivity (Wildman–Crippen MR) is 128 cm³/mol. The van der Waals surface area contributed by atoms with Gasteiger partial charge in [0, 0.05) is 6.04 Å². The van der Waals surface area contributed by atoms with E-state index in [0.717, 1.165) is 43.5 Å². The van der Waals surface area contributed by atoms with Crippen molar-refractivity contribution in [3.63, 3.8) is 0 Å². The summed E-state index contributed by atoms with van der Waals surface area (Å²) in [7, 11) is -3.33. The Bertz CT molecular complexity index is 453. The minimum atomic E-state index is -3.33. The van der Waals surface area contributed by atoms with Crippen molar-refractivity contribution in [1.82, 2.24) is 4.72 Å². The monoisotopic (exact) mass is 423 g/mol.